The molecule has 1 aromatic heterocycles. The second kappa shape index (κ2) is 8.14. The number of hydrogen-bond donors (Lipinski definition) is 1. The van der Waals surface area contributed by atoms with Crippen LogP contribution in [0.15, 0.2) is 6.20 Å². The molecule has 1 atom stereocenters. The topological polar surface area (TPSA) is 53.1 Å². The average molecular weight is 253 g/mol. The van der Waals surface area contributed by atoms with Crippen LogP contribution in [0.5, 0.6) is 5.75 Å². The number of nitrogens with zero attached hydrogens (tertiary/aromatic N) is 2. The average Bonchev–Trinajstić information content (AvgIpc) is 2.81. The third-order valence-corrected chi connectivity index (χ3v) is 3.33. The Morgan fingerprint density at radius 2 is 2.00 bits per heavy atom. The number of unbranched alkanes of at least 4 members (excludes halogenated alkanes) is 4. The smallest absolute Gasteiger partial charge is 0.161 e. The summed E-state index contributed by atoms with van der Waals surface area (Å²) in [5, 5.41) is 4.30. The SMILES string of the molecule is CCCCCCCC(N)c1c(OC)cnn1CC. The van der Waals surface area contributed by atoms with Gasteiger partial charge in [-0.3, -0.25) is 4.68 Å². The van der Waals surface area contributed by atoms with Gasteiger partial charge in [-0.2, -0.15) is 5.10 Å². The maximum Gasteiger partial charge on any atom is 0.161 e. The molecule has 4 nitrogen and oxygen atoms in total. The highest BCUT2D eigenvalue weighted by Gasteiger charge is 2.17. The molecule has 0 aromatic carbocycles. The van der Waals surface area contributed by atoms with Gasteiger partial charge in [0.15, 0.2) is 5.75 Å². The molecule has 0 saturated carbocycles. The summed E-state index contributed by atoms with van der Waals surface area (Å²) in [7, 11) is 1.68. The Hall–Kier alpha value is -1.03. The van der Waals surface area contributed by atoms with Crippen LogP contribution in [0, 0.1) is 0 Å². The van der Waals surface area contributed by atoms with Crippen molar-refractivity contribution in [1.29, 1.82) is 0 Å². The van der Waals surface area contributed by atoms with E-state index in [0.29, 0.717) is 0 Å². The Labute approximate surface area is 111 Å². The molecule has 2 N–H and O–H groups in total. The maximum absolute atomic E-state index is 6.27. The van der Waals surface area contributed by atoms with Gasteiger partial charge in [-0.25, -0.2) is 0 Å². The Kier molecular flexibility index (Phi) is 6.80. The van der Waals surface area contributed by atoms with Crippen LogP contribution < -0.4 is 10.5 Å². The van der Waals surface area contributed by atoms with Gasteiger partial charge < -0.3 is 10.5 Å². The molecule has 1 heterocycles. The van der Waals surface area contributed by atoms with Gasteiger partial charge in [-0.1, -0.05) is 39.0 Å². The predicted molar refractivity (Wildman–Crippen MR) is 74.8 cm³/mol. The van der Waals surface area contributed by atoms with Crippen LogP contribution in [0.1, 0.15) is 64.1 Å². The van der Waals surface area contributed by atoms with Crippen LogP contribution in [0.3, 0.4) is 0 Å². The zero-order chi connectivity index (χ0) is 13.4. The molecular formula is C14H27N3O. The van der Waals surface area contributed by atoms with Gasteiger partial charge in [-0.15, -0.1) is 0 Å². The number of ether oxygens (including phenoxy) is 1. The van der Waals surface area contributed by atoms with Crippen molar-refractivity contribution in [1.82, 2.24) is 9.78 Å². The molecule has 0 fully saturated rings. The van der Waals surface area contributed by atoms with E-state index in [2.05, 4.69) is 18.9 Å². The van der Waals surface area contributed by atoms with Crippen molar-refractivity contribution in [2.45, 2.75) is 65.0 Å². The van der Waals surface area contributed by atoms with E-state index in [1.807, 2.05) is 4.68 Å². The molecule has 4 heteroatoms. The lowest BCUT2D eigenvalue weighted by molar-refractivity contribution is 0.397. The molecule has 0 aliphatic rings. The molecule has 0 spiro atoms. The molecule has 0 bridgehead atoms. The molecule has 1 rings (SSSR count). The lowest BCUT2D eigenvalue weighted by Gasteiger charge is -2.15. The monoisotopic (exact) mass is 253 g/mol. The van der Waals surface area contributed by atoms with Crippen molar-refractivity contribution in [2.24, 2.45) is 5.73 Å². The van der Waals surface area contributed by atoms with Crippen LogP contribution in [0.25, 0.3) is 0 Å². The maximum atomic E-state index is 6.27. The highest BCUT2D eigenvalue weighted by atomic mass is 16.5. The number of rotatable bonds is 9. The fourth-order valence-electron chi connectivity index (χ4n) is 2.27. The minimum absolute atomic E-state index is 0.0315. The zero-order valence-corrected chi connectivity index (χ0v) is 12.0. The van der Waals surface area contributed by atoms with Crippen molar-refractivity contribution in [3.8, 4) is 5.75 Å². The van der Waals surface area contributed by atoms with Crippen LogP contribution in [0.2, 0.25) is 0 Å². The standard InChI is InChI=1S/C14H27N3O/c1-4-6-7-8-9-10-12(15)14-13(18-3)11-16-17(14)5-2/h11-12H,4-10,15H2,1-3H3. The lowest BCUT2D eigenvalue weighted by Crippen LogP contribution is -2.16. The normalized spacial score (nSPS) is 12.7. The Balaban J connectivity index is 2.49. The number of aromatic nitrogens is 2. The first-order chi connectivity index (χ1) is 8.74. The third kappa shape index (κ3) is 4.02. The van der Waals surface area contributed by atoms with Gasteiger partial charge in [0.2, 0.25) is 0 Å². The van der Waals surface area contributed by atoms with E-state index >= 15 is 0 Å². The van der Waals surface area contributed by atoms with Crippen molar-refractivity contribution in [2.75, 3.05) is 7.11 Å². The molecule has 1 unspecified atom stereocenters. The van der Waals surface area contributed by atoms with E-state index in [1.165, 1.54) is 32.1 Å². The fraction of sp³-hybridized carbons (Fsp3) is 0.786. The summed E-state index contributed by atoms with van der Waals surface area (Å²) in [5.41, 5.74) is 7.30. The van der Waals surface area contributed by atoms with E-state index in [1.54, 1.807) is 13.3 Å². The van der Waals surface area contributed by atoms with Crippen molar-refractivity contribution < 1.29 is 4.74 Å². The number of aryl methyl sites for hydroxylation is 1. The van der Waals surface area contributed by atoms with E-state index in [4.69, 9.17) is 10.5 Å². The summed E-state index contributed by atoms with van der Waals surface area (Å²) in [6, 6.07) is 0.0315. The Morgan fingerprint density at radius 3 is 2.61 bits per heavy atom. The lowest BCUT2D eigenvalue weighted by atomic mass is 10.0. The Bertz CT molecular complexity index is 314. The molecule has 18 heavy (non-hydrogen) atoms. The van der Waals surface area contributed by atoms with Gasteiger partial charge >= 0.3 is 0 Å². The first-order valence-electron chi connectivity index (χ1n) is 7.09. The second-order valence-electron chi connectivity index (χ2n) is 4.72. The van der Waals surface area contributed by atoms with E-state index < -0.39 is 0 Å². The molecule has 0 saturated heterocycles. The van der Waals surface area contributed by atoms with Crippen molar-refractivity contribution >= 4 is 0 Å². The van der Waals surface area contributed by atoms with Gasteiger partial charge in [-0.05, 0) is 13.3 Å². The largest absolute Gasteiger partial charge is 0.493 e. The predicted octanol–water partition coefficient (Wildman–Crippen LogP) is 3.27. The van der Waals surface area contributed by atoms with Gasteiger partial charge in [0.25, 0.3) is 0 Å². The molecule has 0 aliphatic heterocycles. The van der Waals surface area contributed by atoms with Crippen LogP contribution in [0.4, 0.5) is 0 Å². The van der Waals surface area contributed by atoms with Gasteiger partial charge in [0.1, 0.15) is 0 Å². The Morgan fingerprint density at radius 1 is 1.28 bits per heavy atom. The van der Waals surface area contributed by atoms with Crippen molar-refractivity contribution in [3.05, 3.63) is 11.9 Å². The third-order valence-electron chi connectivity index (χ3n) is 3.33. The van der Waals surface area contributed by atoms with Crippen LogP contribution in [-0.2, 0) is 6.54 Å². The van der Waals surface area contributed by atoms with Crippen LogP contribution in [-0.4, -0.2) is 16.9 Å². The molecular weight excluding hydrogens is 226 g/mol. The summed E-state index contributed by atoms with van der Waals surface area (Å²) in [5.74, 6) is 0.818. The molecule has 0 amide bonds. The van der Waals surface area contributed by atoms with Crippen molar-refractivity contribution in [3.63, 3.8) is 0 Å². The van der Waals surface area contributed by atoms with E-state index in [0.717, 1.165) is 24.4 Å². The fourth-order valence-corrected chi connectivity index (χ4v) is 2.27. The number of methoxy groups -OCH3 is 1. The number of nitrogens with two attached hydrogens (primary N) is 1. The summed E-state index contributed by atoms with van der Waals surface area (Å²) >= 11 is 0. The number of hydrogen-bond acceptors (Lipinski definition) is 3. The van der Waals surface area contributed by atoms with Crippen LogP contribution >= 0.6 is 0 Å². The molecule has 0 aliphatic carbocycles. The molecule has 1 aromatic rings. The highest BCUT2D eigenvalue weighted by Crippen LogP contribution is 2.26. The summed E-state index contributed by atoms with van der Waals surface area (Å²) in [6.07, 6.45) is 9.13. The summed E-state index contributed by atoms with van der Waals surface area (Å²) in [4.78, 5) is 0. The van der Waals surface area contributed by atoms with E-state index in [-0.39, 0.29) is 6.04 Å². The summed E-state index contributed by atoms with van der Waals surface area (Å²) in [6.45, 7) is 5.14. The first kappa shape index (κ1) is 15.0. The minimum Gasteiger partial charge on any atom is -0.493 e. The first-order valence-corrected chi connectivity index (χ1v) is 7.09. The second-order valence-corrected chi connectivity index (χ2v) is 4.72. The molecule has 104 valence electrons. The quantitative estimate of drug-likeness (QED) is 0.687. The van der Waals surface area contributed by atoms with Gasteiger partial charge in [0.05, 0.1) is 25.0 Å². The molecule has 0 radical (unpaired) electrons. The highest BCUT2D eigenvalue weighted by molar-refractivity contribution is 5.28. The summed E-state index contributed by atoms with van der Waals surface area (Å²) < 4.78 is 7.27. The van der Waals surface area contributed by atoms with Gasteiger partial charge in [0, 0.05) is 6.54 Å². The minimum atomic E-state index is 0.0315. The van der Waals surface area contributed by atoms with E-state index in [9.17, 15) is 0 Å². The zero-order valence-electron chi connectivity index (χ0n) is 12.0.